The van der Waals surface area contributed by atoms with Gasteiger partial charge in [-0.1, -0.05) is 0 Å². The predicted octanol–water partition coefficient (Wildman–Crippen LogP) is -0.936. The smallest absolute Gasteiger partial charge is 0.327 e. The topological polar surface area (TPSA) is 86.5 Å². The first kappa shape index (κ1) is 10.5. The van der Waals surface area contributed by atoms with Crippen LogP contribution in [0.4, 0.5) is 0 Å². The van der Waals surface area contributed by atoms with Gasteiger partial charge in [0.1, 0.15) is 5.54 Å². The number of hydrogen-bond acceptors (Lipinski definition) is 5. The standard InChI is InChI=1S/C7H13NO4S/c1-3-12-6(9)7(8)4-5(7)13(2,10)11/h5H,3-4,8H2,1-2H3/t5-,7-/m1/s1. The second kappa shape index (κ2) is 2.95. The lowest BCUT2D eigenvalue weighted by Gasteiger charge is -2.08. The third kappa shape index (κ3) is 1.83. The minimum absolute atomic E-state index is 0.171. The first-order valence-corrected chi connectivity index (χ1v) is 5.93. The first-order chi connectivity index (χ1) is 5.82. The molecule has 0 aromatic carbocycles. The molecule has 0 aliphatic heterocycles. The van der Waals surface area contributed by atoms with Gasteiger partial charge in [-0.05, 0) is 13.3 Å². The van der Waals surface area contributed by atoms with Crippen LogP contribution >= 0.6 is 0 Å². The molecule has 0 unspecified atom stereocenters. The van der Waals surface area contributed by atoms with Gasteiger partial charge in [0.05, 0.1) is 11.9 Å². The van der Waals surface area contributed by atoms with Gasteiger partial charge in [-0.2, -0.15) is 0 Å². The maximum absolute atomic E-state index is 11.2. The van der Waals surface area contributed by atoms with E-state index >= 15 is 0 Å². The molecule has 1 rings (SSSR count). The molecule has 1 fully saturated rings. The Hall–Kier alpha value is -0.620. The lowest BCUT2D eigenvalue weighted by atomic mass is 10.3. The van der Waals surface area contributed by atoms with Crippen LogP contribution in [-0.2, 0) is 19.4 Å². The van der Waals surface area contributed by atoms with Gasteiger partial charge in [-0.25, -0.2) is 8.42 Å². The third-order valence-corrected chi connectivity index (χ3v) is 3.73. The lowest BCUT2D eigenvalue weighted by Crippen LogP contribution is -2.40. The van der Waals surface area contributed by atoms with Crippen molar-refractivity contribution < 1.29 is 17.9 Å². The van der Waals surface area contributed by atoms with Gasteiger partial charge in [0.2, 0.25) is 0 Å². The van der Waals surface area contributed by atoms with Crippen molar-refractivity contribution in [2.24, 2.45) is 5.73 Å². The molecule has 2 atom stereocenters. The summed E-state index contributed by atoms with van der Waals surface area (Å²) in [6.07, 6.45) is 1.25. The van der Waals surface area contributed by atoms with E-state index in [0.717, 1.165) is 6.26 Å². The molecule has 5 nitrogen and oxygen atoms in total. The first-order valence-electron chi connectivity index (χ1n) is 3.97. The normalized spacial score (nSPS) is 32.7. The Balaban J connectivity index is 2.70. The molecule has 1 aliphatic carbocycles. The number of ether oxygens (including phenoxy) is 1. The summed E-state index contributed by atoms with van der Waals surface area (Å²) >= 11 is 0. The van der Waals surface area contributed by atoms with E-state index in [2.05, 4.69) is 4.74 Å². The summed E-state index contributed by atoms with van der Waals surface area (Å²) in [7, 11) is -3.23. The summed E-state index contributed by atoms with van der Waals surface area (Å²) in [6.45, 7) is 1.87. The van der Waals surface area contributed by atoms with Crippen LogP contribution in [0.1, 0.15) is 13.3 Å². The molecule has 1 aliphatic rings. The maximum Gasteiger partial charge on any atom is 0.327 e. The molecule has 0 aromatic heterocycles. The van der Waals surface area contributed by atoms with Gasteiger partial charge in [0.15, 0.2) is 9.84 Å². The molecule has 1 saturated carbocycles. The average molecular weight is 207 g/mol. The van der Waals surface area contributed by atoms with Crippen LogP contribution in [0.5, 0.6) is 0 Å². The van der Waals surface area contributed by atoms with E-state index in [1.165, 1.54) is 0 Å². The van der Waals surface area contributed by atoms with Crippen LogP contribution in [0.15, 0.2) is 0 Å². The van der Waals surface area contributed by atoms with Gasteiger partial charge >= 0.3 is 5.97 Å². The van der Waals surface area contributed by atoms with Crippen LogP contribution in [-0.4, -0.2) is 38.0 Å². The fourth-order valence-corrected chi connectivity index (χ4v) is 2.70. The zero-order valence-corrected chi connectivity index (χ0v) is 8.43. The van der Waals surface area contributed by atoms with Crippen molar-refractivity contribution in [1.29, 1.82) is 0 Å². The number of carbonyl (C=O) groups is 1. The minimum Gasteiger partial charge on any atom is -0.465 e. The molecule has 76 valence electrons. The molecule has 0 aromatic rings. The molecule has 13 heavy (non-hydrogen) atoms. The molecule has 0 amide bonds. The van der Waals surface area contributed by atoms with Gasteiger partial charge in [-0.15, -0.1) is 0 Å². The monoisotopic (exact) mass is 207 g/mol. The molecular weight excluding hydrogens is 194 g/mol. The van der Waals surface area contributed by atoms with Gasteiger partial charge < -0.3 is 10.5 Å². The summed E-state index contributed by atoms with van der Waals surface area (Å²) in [5.41, 5.74) is 4.26. The fourth-order valence-electron chi connectivity index (χ4n) is 1.26. The molecule has 0 spiro atoms. The Morgan fingerprint density at radius 2 is 2.23 bits per heavy atom. The molecule has 0 heterocycles. The number of carbonyl (C=O) groups excluding carboxylic acids is 1. The number of sulfone groups is 1. The van der Waals surface area contributed by atoms with Crippen molar-refractivity contribution in [2.45, 2.75) is 24.1 Å². The van der Waals surface area contributed by atoms with Gasteiger partial charge in [-0.3, -0.25) is 4.79 Å². The maximum atomic E-state index is 11.2. The Labute approximate surface area is 77.2 Å². The summed E-state index contributed by atoms with van der Waals surface area (Å²) < 4.78 is 26.7. The van der Waals surface area contributed by atoms with Crippen LogP contribution in [0.3, 0.4) is 0 Å². The quantitative estimate of drug-likeness (QED) is 0.604. The van der Waals surface area contributed by atoms with Crippen molar-refractivity contribution in [2.75, 3.05) is 12.9 Å². The van der Waals surface area contributed by atoms with E-state index in [9.17, 15) is 13.2 Å². The van der Waals surface area contributed by atoms with E-state index in [1.54, 1.807) is 6.92 Å². The van der Waals surface area contributed by atoms with Crippen molar-refractivity contribution >= 4 is 15.8 Å². The van der Waals surface area contributed by atoms with Crippen LogP contribution in [0.25, 0.3) is 0 Å². The molecule has 0 saturated heterocycles. The van der Waals surface area contributed by atoms with Crippen molar-refractivity contribution in [3.8, 4) is 0 Å². The highest BCUT2D eigenvalue weighted by molar-refractivity contribution is 7.91. The Morgan fingerprint density at radius 3 is 2.54 bits per heavy atom. The Kier molecular flexibility index (Phi) is 2.38. The molecule has 0 radical (unpaired) electrons. The van der Waals surface area contributed by atoms with Crippen LogP contribution in [0, 0.1) is 0 Å². The summed E-state index contributed by atoms with van der Waals surface area (Å²) in [5, 5.41) is -0.765. The molecule has 6 heteroatoms. The van der Waals surface area contributed by atoms with E-state index in [-0.39, 0.29) is 13.0 Å². The second-order valence-electron chi connectivity index (χ2n) is 3.28. The molecular formula is C7H13NO4S. The van der Waals surface area contributed by atoms with E-state index in [1.807, 2.05) is 0 Å². The SMILES string of the molecule is CCOC(=O)[C@@]1(N)C[C@H]1S(C)(=O)=O. The summed E-state index contributed by atoms with van der Waals surface area (Å²) in [6, 6.07) is 0. The van der Waals surface area contributed by atoms with Gasteiger partial charge in [0.25, 0.3) is 0 Å². The average Bonchev–Trinajstić information content (AvgIpc) is 2.63. The Morgan fingerprint density at radius 1 is 1.69 bits per heavy atom. The predicted molar refractivity (Wildman–Crippen MR) is 46.8 cm³/mol. The van der Waals surface area contributed by atoms with Crippen LogP contribution < -0.4 is 5.73 Å². The second-order valence-corrected chi connectivity index (χ2v) is 5.51. The number of rotatable bonds is 3. The number of hydrogen-bond donors (Lipinski definition) is 1. The fraction of sp³-hybridized carbons (Fsp3) is 0.857. The van der Waals surface area contributed by atoms with Crippen molar-refractivity contribution in [1.82, 2.24) is 0 Å². The largest absolute Gasteiger partial charge is 0.465 e. The van der Waals surface area contributed by atoms with E-state index in [4.69, 9.17) is 5.73 Å². The van der Waals surface area contributed by atoms with E-state index in [0.29, 0.717) is 0 Å². The minimum atomic E-state index is -3.23. The highest BCUT2D eigenvalue weighted by atomic mass is 32.2. The van der Waals surface area contributed by atoms with Crippen LogP contribution in [0.2, 0.25) is 0 Å². The zero-order chi connectivity index (χ0) is 10.3. The lowest BCUT2D eigenvalue weighted by molar-refractivity contribution is -0.145. The molecule has 2 N–H and O–H groups in total. The van der Waals surface area contributed by atoms with Gasteiger partial charge in [0, 0.05) is 6.26 Å². The molecule has 0 bridgehead atoms. The zero-order valence-electron chi connectivity index (χ0n) is 7.61. The highest BCUT2D eigenvalue weighted by Crippen LogP contribution is 2.40. The number of nitrogens with two attached hydrogens (primary N) is 1. The van der Waals surface area contributed by atoms with Crippen molar-refractivity contribution in [3.05, 3.63) is 0 Å². The van der Waals surface area contributed by atoms with E-state index < -0.39 is 26.6 Å². The summed E-state index contributed by atoms with van der Waals surface area (Å²) in [4.78, 5) is 11.2. The van der Waals surface area contributed by atoms with Crippen molar-refractivity contribution in [3.63, 3.8) is 0 Å². The number of esters is 1. The highest BCUT2D eigenvalue weighted by Gasteiger charge is 2.63. The summed E-state index contributed by atoms with van der Waals surface area (Å²) in [5.74, 6) is -0.620. The third-order valence-electron chi connectivity index (χ3n) is 2.11. The Bertz CT molecular complexity index is 323.